The second-order valence-electron chi connectivity index (χ2n) is 3.23. The first-order valence-corrected chi connectivity index (χ1v) is 5.07. The molecule has 0 radical (unpaired) electrons. The smallest absolute Gasteiger partial charge is 0.161 e. The molecule has 0 aromatic heterocycles. The van der Waals surface area contributed by atoms with E-state index in [-0.39, 0.29) is 0 Å². The molecule has 0 aliphatic rings. The Bertz CT molecular complexity index is 321. The summed E-state index contributed by atoms with van der Waals surface area (Å²) in [5.74, 6) is 1.30. The van der Waals surface area contributed by atoms with Crippen LogP contribution in [0.4, 0.5) is 0 Å². The third-order valence-corrected chi connectivity index (χ3v) is 2.08. The number of methoxy groups -OCH3 is 1. The largest absolute Gasteiger partial charge is 0.493 e. The highest BCUT2D eigenvalue weighted by Crippen LogP contribution is 2.27. The topological polar surface area (TPSA) is 35.5 Å². The maximum Gasteiger partial charge on any atom is 0.161 e. The van der Waals surface area contributed by atoms with Crippen LogP contribution in [-0.4, -0.2) is 20.0 Å². The van der Waals surface area contributed by atoms with E-state index < -0.39 is 0 Å². The number of hydrogen-bond donors (Lipinski definition) is 0. The quantitative estimate of drug-likeness (QED) is 0.532. The molecule has 0 saturated carbocycles. The summed E-state index contributed by atoms with van der Waals surface area (Å²) in [4.78, 5) is 10.5. The SMILES string of the molecule is CCCCOc1ccc(C=O)cc1OC. The number of rotatable bonds is 6. The molecule has 1 aromatic carbocycles. The molecule has 0 N–H and O–H groups in total. The van der Waals surface area contributed by atoms with Crippen LogP contribution in [0, 0.1) is 0 Å². The molecule has 0 aliphatic heterocycles. The van der Waals surface area contributed by atoms with E-state index in [1.807, 2.05) is 0 Å². The van der Waals surface area contributed by atoms with Crippen molar-refractivity contribution in [3.8, 4) is 11.5 Å². The zero-order valence-electron chi connectivity index (χ0n) is 9.16. The molecule has 0 fully saturated rings. The number of ether oxygens (including phenoxy) is 2. The Hall–Kier alpha value is -1.51. The normalized spacial score (nSPS) is 9.73. The molecule has 0 amide bonds. The first-order valence-electron chi connectivity index (χ1n) is 5.07. The fourth-order valence-corrected chi connectivity index (χ4v) is 1.20. The van der Waals surface area contributed by atoms with Crippen molar-refractivity contribution in [3.63, 3.8) is 0 Å². The average molecular weight is 208 g/mol. The lowest BCUT2D eigenvalue weighted by atomic mass is 10.2. The van der Waals surface area contributed by atoms with E-state index in [0.29, 0.717) is 23.7 Å². The van der Waals surface area contributed by atoms with Gasteiger partial charge in [-0.15, -0.1) is 0 Å². The molecule has 0 heterocycles. The molecule has 82 valence electrons. The Morgan fingerprint density at radius 2 is 2.13 bits per heavy atom. The van der Waals surface area contributed by atoms with Gasteiger partial charge in [-0.3, -0.25) is 4.79 Å². The summed E-state index contributed by atoms with van der Waals surface area (Å²) < 4.78 is 10.7. The van der Waals surface area contributed by atoms with Crippen molar-refractivity contribution in [3.05, 3.63) is 23.8 Å². The van der Waals surface area contributed by atoms with Crippen LogP contribution < -0.4 is 9.47 Å². The maximum absolute atomic E-state index is 10.5. The summed E-state index contributed by atoms with van der Waals surface area (Å²) in [6, 6.07) is 5.16. The maximum atomic E-state index is 10.5. The minimum Gasteiger partial charge on any atom is -0.493 e. The van der Waals surface area contributed by atoms with Crippen LogP contribution in [-0.2, 0) is 0 Å². The van der Waals surface area contributed by atoms with Crippen LogP contribution in [0.15, 0.2) is 18.2 Å². The zero-order chi connectivity index (χ0) is 11.1. The van der Waals surface area contributed by atoms with Gasteiger partial charge in [-0.2, -0.15) is 0 Å². The Kier molecular flexibility index (Phi) is 4.68. The number of carbonyl (C=O) groups excluding carboxylic acids is 1. The molecule has 3 heteroatoms. The van der Waals surface area contributed by atoms with Gasteiger partial charge in [0.05, 0.1) is 13.7 Å². The molecule has 1 rings (SSSR count). The molecule has 15 heavy (non-hydrogen) atoms. The van der Waals surface area contributed by atoms with Crippen molar-refractivity contribution in [2.24, 2.45) is 0 Å². The molecule has 3 nitrogen and oxygen atoms in total. The van der Waals surface area contributed by atoms with Gasteiger partial charge in [0.15, 0.2) is 11.5 Å². The van der Waals surface area contributed by atoms with Crippen LogP contribution in [0.5, 0.6) is 11.5 Å². The van der Waals surface area contributed by atoms with Gasteiger partial charge in [0.2, 0.25) is 0 Å². The summed E-state index contributed by atoms with van der Waals surface area (Å²) in [6.07, 6.45) is 2.89. The molecule has 0 spiro atoms. The van der Waals surface area contributed by atoms with Gasteiger partial charge < -0.3 is 9.47 Å². The van der Waals surface area contributed by atoms with Crippen LogP contribution >= 0.6 is 0 Å². The standard InChI is InChI=1S/C12H16O3/c1-3-4-7-15-11-6-5-10(9-13)8-12(11)14-2/h5-6,8-9H,3-4,7H2,1-2H3. The van der Waals surface area contributed by atoms with Gasteiger partial charge in [0.1, 0.15) is 6.29 Å². The van der Waals surface area contributed by atoms with Crippen LogP contribution in [0.2, 0.25) is 0 Å². The van der Waals surface area contributed by atoms with Crippen LogP contribution in [0.25, 0.3) is 0 Å². The second kappa shape index (κ2) is 6.06. The molecule has 0 atom stereocenters. The van der Waals surface area contributed by atoms with Gasteiger partial charge in [-0.1, -0.05) is 13.3 Å². The van der Waals surface area contributed by atoms with Crippen molar-refractivity contribution in [2.45, 2.75) is 19.8 Å². The van der Waals surface area contributed by atoms with E-state index in [1.165, 1.54) is 0 Å². The number of carbonyl (C=O) groups is 1. The lowest BCUT2D eigenvalue weighted by molar-refractivity contribution is 0.112. The minimum atomic E-state index is 0.592. The minimum absolute atomic E-state index is 0.592. The number of unbranched alkanes of at least 4 members (excludes halogenated alkanes) is 1. The predicted octanol–water partition coefficient (Wildman–Crippen LogP) is 2.69. The van der Waals surface area contributed by atoms with Gasteiger partial charge >= 0.3 is 0 Å². The van der Waals surface area contributed by atoms with Crippen LogP contribution in [0.1, 0.15) is 30.1 Å². The predicted molar refractivity (Wildman–Crippen MR) is 58.8 cm³/mol. The summed E-state index contributed by atoms with van der Waals surface area (Å²) in [6.45, 7) is 2.78. The van der Waals surface area contributed by atoms with E-state index in [4.69, 9.17) is 9.47 Å². The van der Waals surface area contributed by atoms with Crippen LogP contribution in [0.3, 0.4) is 0 Å². The van der Waals surface area contributed by atoms with E-state index in [1.54, 1.807) is 25.3 Å². The number of aldehydes is 1. The van der Waals surface area contributed by atoms with Gasteiger partial charge in [-0.25, -0.2) is 0 Å². The summed E-state index contributed by atoms with van der Waals surface area (Å²) >= 11 is 0. The van der Waals surface area contributed by atoms with Gasteiger partial charge in [0.25, 0.3) is 0 Å². The van der Waals surface area contributed by atoms with Gasteiger partial charge in [-0.05, 0) is 24.6 Å². The molecular formula is C12H16O3. The van der Waals surface area contributed by atoms with Crippen molar-refractivity contribution in [2.75, 3.05) is 13.7 Å². The highest BCUT2D eigenvalue weighted by atomic mass is 16.5. The van der Waals surface area contributed by atoms with E-state index in [0.717, 1.165) is 19.1 Å². The third-order valence-electron chi connectivity index (χ3n) is 2.08. The average Bonchev–Trinajstić information content (AvgIpc) is 2.29. The Labute approximate surface area is 90.0 Å². The monoisotopic (exact) mass is 208 g/mol. The number of hydrogen-bond acceptors (Lipinski definition) is 3. The van der Waals surface area contributed by atoms with E-state index in [9.17, 15) is 4.79 Å². The zero-order valence-corrected chi connectivity index (χ0v) is 9.16. The molecule has 0 saturated heterocycles. The lowest BCUT2D eigenvalue weighted by Gasteiger charge is -2.10. The Morgan fingerprint density at radius 1 is 1.33 bits per heavy atom. The van der Waals surface area contributed by atoms with Crippen molar-refractivity contribution in [1.82, 2.24) is 0 Å². The third kappa shape index (κ3) is 3.27. The molecule has 0 unspecified atom stereocenters. The summed E-state index contributed by atoms with van der Waals surface area (Å²) in [5, 5.41) is 0. The second-order valence-corrected chi connectivity index (χ2v) is 3.23. The fraction of sp³-hybridized carbons (Fsp3) is 0.417. The van der Waals surface area contributed by atoms with Crippen molar-refractivity contribution >= 4 is 6.29 Å². The van der Waals surface area contributed by atoms with Crippen molar-refractivity contribution < 1.29 is 14.3 Å². The number of benzene rings is 1. The van der Waals surface area contributed by atoms with E-state index >= 15 is 0 Å². The van der Waals surface area contributed by atoms with Crippen molar-refractivity contribution in [1.29, 1.82) is 0 Å². The lowest BCUT2D eigenvalue weighted by Crippen LogP contribution is -1.99. The first kappa shape index (κ1) is 11.6. The van der Waals surface area contributed by atoms with E-state index in [2.05, 4.69) is 6.92 Å². The highest BCUT2D eigenvalue weighted by molar-refractivity contribution is 5.76. The highest BCUT2D eigenvalue weighted by Gasteiger charge is 2.04. The Morgan fingerprint density at radius 3 is 2.73 bits per heavy atom. The summed E-state index contributed by atoms with van der Waals surface area (Å²) in [5.41, 5.74) is 0.592. The fourth-order valence-electron chi connectivity index (χ4n) is 1.20. The first-order chi connectivity index (χ1) is 7.31. The Balaban J connectivity index is 2.73. The van der Waals surface area contributed by atoms with Gasteiger partial charge in [0, 0.05) is 5.56 Å². The summed E-state index contributed by atoms with van der Waals surface area (Å²) in [7, 11) is 1.57. The molecule has 0 aliphatic carbocycles. The molecular weight excluding hydrogens is 192 g/mol. The molecule has 1 aromatic rings. The molecule has 0 bridgehead atoms.